The van der Waals surface area contributed by atoms with Crippen LogP contribution in [0.5, 0.6) is 11.5 Å². The van der Waals surface area contributed by atoms with Crippen molar-refractivity contribution in [1.82, 2.24) is 10.4 Å². The Morgan fingerprint density at radius 3 is 2.56 bits per heavy atom. The monoisotopic (exact) mass is 357 g/mol. The number of aromatic nitrogens is 1. The molecular formula is C18H19N3O3S. The summed E-state index contributed by atoms with van der Waals surface area (Å²) in [5, 5.41) is 0.637. The fourth-order valence-electron chi connectivity index (χ4n) is 2.44. The van der Waals surface area contributed by atoms with Gasteiger partial charge < -0.3 is 9.47 Å². The second-order valence-corrected chi connectivity index (χ2v) is 6.55. The van der Waals surface area contributed by atoms with Gasteiger partial charge in [0.05, 0.1) is 24.4 Å². The number of ether oxygens (including phenoxy) is 2. The normalized spacial score (nSPS) is 10.6. The van der Waals surface area contributed by atoms with E-state index < -0.39 is 0 Å². The summed E-state index contributed by atoms with van der Waals surface area (Å²) >= 11 is 1.49. The minimum absolute atomic E-state index is 0.284. The van der Waals surface area contributed by atoms with E-state index in [2.05, 4.69) is 28.8 Å². The third kappa shape index (κ3) is 3.36. The van der Waals surface area contributed by atoms with E-state index in [4.69, 9.17) is 9.47 Å². The maximum atomic E-state index is 12.3. The van der Waals surface area contributed by atoms with Crippen LogP contribution in [0, 0.1) is 13.8 Å². The van der Waals surface area contributed by atoms with Gasteiger partial charge in [0, 0.05) is 5.56 Å². The first-order valence-corrected chi connectivity index (χ1v) is 8.50. The van der Waals surface area contributed by atoms with Gasteiger partial charge >= 0.3 is 0 Å². The van der Waals surface area contributed by atoms with Gasteiger partial charge in [-0.25, -0.2) is 4.98 Å². The van der Waals surface area contributed by atoms with Gasteiger partial charge in [0.15, 0.2) is 11.5 Å². The standard InChI is InChI=1S/C18H19N3O3S/c1-10-5-8-15-16(11(10)2)19-18(25-15)21-20-17(22)12-6-7-13(23-3)14(9-12)24-4/h5-9H,1-4H3,(H,19,21)(H,20,22). The van der Waals surface area contributed by atoms with Gasteiger partial charge in [-0.15, -0.1) is 0 Å². The van der Waals surface area contributed by atoms with Crippen molar-refractivity contribution in [3.05, 3.63) is 47.0 Å². The Bertz CT molecular complexity index is 937. The number of rotatable bonds is 5. The Kier molecular flexibility index (Phi) is 4.76. The van der Waals surface area contributed by atoms with Crippen LogP contribution in [0.2, 0.25) is 0 Å². The molecular weight excluding hydrogens is 338 g/mol. The van der Waals surface area contributed by atoms with Crippen LogP contribution in [0.25, 0.3) is 10.2 Å². The highest BCUT2D eigenvalue weighted by Crippen LogP contribution is 2.30. The lowest BCUT2D eigenvalue weighted by atomic mass is 10.1. The quantitative estimate of drug-likeness (QED) is 0.682. The van der Waals surface area contributed by atoms with Gasteiger partial charge in [-0.2, -0.15) is 0 Å². The average Bonchev–Trinajstić information content (AvgIpc) is 3.06. The SMILES string of the molecule is COc1ccc(C(=O)NNc2nc3c(C)c(C)ccc3s2)cc1OC. The summed E-state index contributed by atoms with van der Waals surface area (Å²) in [4.78, 5) is 16.9. The molecule has 3 aromatic rings. The molecule has 6 nitrogen and oxygen atoms in total. The molecule has 0 atom stereocenters. The van der Waals surface area contributed by atoms with Crippen LogP contribution < -0.4 is 20.3 Å². The number of hydrogen-bond donors (Lipinski definition) is 2. The van der Waals surface area contributed by atoms with Crippen LogP contribution in [0.3, 0.4) is 0 Å². The number of nitrogens with zero attached hydrogens (tertiary/aromatic N) is 1. The average molecular weight is 357 g/mol. The Morgan fingerprint density at radius 2 is 1.84 bits per heavy atom. The Labute approximate surface area is 149 Å². The molecule has 3 rings (SSSR count). The van der Waals surface area contributed by atoms with E-state index in [1.54, 1.807) is 25.3 Å². The first-order valence-electron chi connectivity index (χ1n) is 7.68. The van der Waals surface area contributed by atoms with Gasteiger partial charge in [0.1, 0.15) is 0 Å². The zero-order valence-electron chi connectivity index (χ0n) is 14.5. The summed E-state index contributed by atoms with van der Waals surface area (Å²) in [7, 11) is 3.08. The fraction of sp³-hybridized carbons (Fsp3) is 0.222. The second kappa shape index (κ2) is 6.98. The molecule has 0 spiro atoms. The fourth-order valence-corrected chi connectivity index (χ4v) is 3.32. The number of methoxy groups -OCH3 is 2. The smallest absolute Gasteiger partial charge is 0.269 e. The van der Waals surface area contributed by atoms with Crippen molar-refractivity contribution in [2.24, 2.45) is 0 Å². The molecule has 0 saturated carbocycles. The van der Waals surface area contributed by atoms with Crippen LogP contribution in [-0.2, 0) is 0 Å². The minimum atomic E-state index is -0.284. The molecule has 1 heterocycles. The molecule has 0 aliphatic carbocycles. The number of amides is 1. The summed E-state index contributed by atoms with van der Waals surface area (Å²) < 4.78 is 11.5. The topological polar surface area (TPSA) is 72.5 Å². The van der Waals surface area contributed by atoms with E-state index in [9.17, 15) is 4.79 Å². The lowest BCUT2D eigenvalue weighted by Gasteiger charge is -2.10. The molecule has 0 aliphatic heterocycles. The molecule has 7 heteroatoms. The number of aryl methyl sites for hydroxylation is 2. The third-order valence-corrected chi connectivity index (χ3v) is 4.95. The van der Waals surface area contributed by atoms with Crippen molar-refractivity contribution in [3.8, 4) is 11.5 Å². The summed E-state index contributed by atoms with van der Waals surface area (Å²) in [6.45, 7) is 4.10. The second-order valence-electron chi connectivity index (χ2n) is 5.52. The molecule has 0 fully saturated rings. The number of hydrogen-bond acceptors (Lipinski definition) is 6. The zero-order valence-corrected chi connectivity index (χ0v) is 15.3. The van der Waals surface area contributed by atoms with E-state index in [-0.39, 0.29) is 5.91 Å². The first-order chi connectivity index (χ1) is 12.0. The van der Waals surface area contributed by atoms with E-state index in [0.29, 0.717) is 22.2 Å². The first kappa shape index (κ1) is 17.0. The van der Waals surface area contributed by atoms with Crippen LogP contribution in [0.1, 0.15) is 21.5 Å². The van der Waals surface area contributed by atoms with Crippen molar-refractivity contribution >= 4 is 32.6 Å². The maximum Gasteiger partial charge on any atom is 0.269 e. The number of carbonyl (C=O) groups excluding carboxylic acids is 1. The van der Waals surface area contributed by atoms with Crippen molar-refractivity contribution in [1.29, 1.82) is 0 Å². The van der Waals surface area contributed by atoms with Crippen molar-refractivity contribution in [2.75, 3.05) is 19.6 Å². The number of benzene rings is 2. The molecule has 0 unspecified atom stereocenters. The highest BCUT2D eigenvalue weighted by molar-refractivity contribution is 7.22. The van der Waals surface area contributed by atoms with Gasteiger partial charge in [-0.3, -0.25) is 15.6 Å². The molecule has 0 aliphatic rings. The lowest BCUT2D eigenvalue weighted by molar-refractivity contribution is 0.0962. The van der Waals surface area contributed by atoms with Crippen LogP contribution in [-0.4, -0.2) is 25.1 Å². The van der Waals surface area contributed by atoms with Crippen molar-refractivity contribution in [2.45, 2.75) is 13.8 Å². The van der Waals surface area contributed by atoms with Crippen LogP contribution >= 0.6 is 11.3 Å². The number of fused-ring (bicyclic) bond motifs is 1. The number of thiazole rings is 1. The summed E-state index contributed by atoms with van der Waals surface area (Å²) in [5.41, 5.74) is 9.29. The predicted molar refractivity (Wildman–Crippen MR) is 99.7 cm³/mol. The van der Waals surface area contributed by atoms with Crippen LogP contribution in [0.4, 0.5) is 5.13 Å². The zero-order chi connectivity index (χ0) is 18.0. The van der Waals surface area contributed by atoms with Crippen molar-refractivity contribution < 1.29 is 14.3 Å². The van der Waals surface area contributed by atoms with Gasteiger partial charge in [0.25, 0.3) is 5.91 Å². The number of carbonyl (C=O) groups is 1. The van der Waals surface area contributed by atoms with E-state index in [0.717, 1.165) is 15.8 Å². The minimum Gasteiger partial charge on any atom is -0.493 e. The molecule has 1 amide bonds. The summed E-state index contributed by atoms with van der Waals surface area (Å²) in [6, 6.07) is 9.10. The molecule has 0 radical (unpaired) electrons. The Balaban J connectivity index is 1.75. The molecule has 1 aromatic heterocycles. The van der Waals surface area contributed by atoms with Gasteiger partial charge in [-0.1, -0.05) is 17.4 Å². The largest absolute Gasteiger partial charge is 0.493 e. The maximum absolute atomic E-state index is 12.3. The van der Waals surface area contributed by atoms with E-state index >= 15 is 0 Å². The Hall–Kier alpha value is -2.80. The van der Waals surface area contributed by atoms with Crippen LogP contribution in [0.15, 0.2) is 30.3 Å². The van der Waals surface area contributed by atoms with Crippen molar-refractivity contribution in [3.63, 3.8) is 0 Å². The van der Waals surface area contributed by atoms with Gasteiger partial charge in [0.2, 0.25) is 5.13 Å². The number of nitrogens with one attached hydrogen (secondary N) is 2. The number of hydrazine groups is 1. The predicted octanol–water partition coefficient (Wildman–Crippen LogP) is 3.69. The summed E-state index contributed by atoms with van der Waals surface area (Å²) in [5.74, 6) is 0.790. The Morgan fingerprint density at radius 1 is 1.08 bits per heavy atom. The molecule has 2 N–H and O–H groups in total. The van der Waals surface area contributed by atoms with Gasteiger partial charge in [-0.05, 0) is 49.2 Å². The molecule has 2 aromatic carbocycles. The van der Waals surface area contributed by atoms with E-state index in [1.165, 1.54) is 24.0 Å². The summed E-state index contributed by atoms with van der Waals surface area (Å²) in [6.07, 6.45) is 0. The highest BCUT2D eigenvalue weighted by Gasteiger charge is 2.12. The number of anilines is 1. The molecule has 0 bridgehead atoms. The highest BCUT2D eigenvalue weighted by atomic mass is 32.1. The van der Waals surface area contributed by atoms with E-state index in [1.807, 2.05) is 13.0 Å². The molecule has 0 saturated heterocycles. The molecule has 25 heavy (non-hydrogen) atoms. The third-order valence-electron chi connectivity index (χ3n) is 4.01. The molecule has 130 valence electrons. The lowest BCUT2D eigenvalue weighted by Crippen LogP contribution is -2.29.